The van der Waals surface area contributed by atoms with E-state index in [-0.39, 0.29) is 6.04 Å². The number of hydrogen-bond acceptors (Lipinski definition) is 6. The van der Waals surface area contributed by atoms with E-state index in [0.29, 0.717) is 17.3 Å². The predicted octanol–water partition coefficient (Wildman–Crippen LogP) is 1.71. The molecule has 3 N–H and O–H groups in total. The summed E-state index contributed by atoms with van der Waals surface area (Å²) in [7, 11) is 0. The second-order valence-corrected chi connectivity index (χ2v) is 5.15. The van der Waals surface area contributed by atoms with E-state index in [0.717, 1.165) is 10.5 Å². The van der Waals surface area contributed by atoms with Gasteiger partial charge in [0, 0.05) is 4.90 Å². The molecule has 0 saturated heterocycles. The highest BCUT2D eigenvalue weighted by Crippen LogP contribution is 2.33. The van der Waals surface area contributed by atoms with Crippen molar-refractivity contribution in [2.24, 2.45) is 5.73 Å². The summed E-state index contributed by atoms with van der Waals surface area (Å²) < 4.78 is 1.67. The van der Waals surface area contributed by atoms with E-state index < -0.39 is 0 Å². The maximum atomic E-state index is 9.36. The first kappa shape index (κ1) is 12.6. The van der Waals surface area contributed by atoms with Crippen LogP contribution in [0.4, 0.5) is 5.95 Å². The van der Waals surface area contributed by atoms with Crippen LogP contribution >= 0.6 is 11.8 Å². The first-order valence-electron chi connectivity index (χ1n) is 5.95. The van der Waals surface area contributed by atoms with Gasteiger partial charge < -0.3 is 11.1 Å². The standard InChI is InChI=1S/C13H12N6S/c1-20-9-4-2-8(3-5-9)11-10(6-14)12(15)18-13-16-7-17-19(11)13/h2-5,7,11H,15H2,1H3,(H,16,17,18)/t11-/m1/s1. The maximum absolute atomic E-state index is 9.36. The zero-order valence-electron chi connectivity index (χ0n) is 10.7. The van der Waals surface area contributed by atoms with Gasteiger partial charge in [0.2, 0.25) is 5.95 Å². The summed E-state index contributed by atoms with van der Waals surface area (Å²) in [5, 5.41) is 16.4. The van der Waals surface area contributed by atoms with Gasteiger partial charge in [-0.2, -0.15) is 15.3 Å². The topological polar surface area (TPSA) is 92.6 Å². The number of fused-ring (bicyclic) bond motifs is 1. The summed E-state index contributed by atoms with van der Waals surface area (Å²) in [6, 6.07) is 9.82. The van der Waals surface area contributed by atoms with E-state index in [1.165, 1.54) is 6.33 Å². The summed E-state index contributed by atoms with van der Waals surface area (Å²) in [5.74, 6) is 0.868. The Morgan fingerprint density at radius 2 is 2.15 bits per heavy atom. The molecule has 1 aliphatic rings. The van der Waals surface area contributed by atoms with Crippen molar-refractivity contribution in [3.05, 3.63) is 47.6 Å². The smallest absolute Gasteiger partial charge is 0.227 e. The molecule has 1 aliphatic heterocycles. The molecule has 0 aliphatic carbocycles. The molecule has 1 atom stereocenters. The lowest BCUT2D eigenvalue weighted by Crippen LogP contribution is -2.28. The van der Waals surface area contributed by atoms with E-state index >= 15 is 0 Å². The highest BCUT2D eigenvalue weighted by molar-refractivity contribution is 7.98. The molecular weight excluding hydrogens is 272 g/mol. The quantitative estimate of drug-likeness (QED) is 0.816. The maximum Gasteiger partial charge on any atom is 0.227 e. The third kappa shape index (κ3) is 1.90. The highest BCUT2D eigenvalue weighted by atomic mass is 32.2. The molecule has 2 aromatic rings. The minimum absolute atomic E-state index is 0.326. The van der Waals surface area contributed by atoms with Gasteiger partial charge in [-0.05, 0) is 24.0 Å². The van der Waals surface area contributed by atoms with E-state index in [9.17, 15) is 5.26 Å². The molecule has 3 rings (SSSR count). The number of thioether (sulfide) groups is 1. The van der Waals surface area contributed by atoms with Gasteiger partial charge in [0.15, 0.2) is 0 Å². The normalized spacial score (nSPS) is 17.3. The van der Waals surface area contributed by atoms with Crippen LogP contribution in [0.25, 0.3) is 0 Å². The van der Waals surface area contributed by atoms with Crippen molar-refractivity contribution in [3.8, 4) is 6.07 Å². The van der Waals surface area contributed by atoms with Crippen LogP contribution in [0.2, 0.25) is 0 Å². The van der Waals surface area contributed by atoms with E-state index in [2.05, 4.69) is 21.5 Å². The second kappa shape index (κ2) is 4.90. The number of hydrogen-bond donors (Lipinski definition) is 2. The fraction of sp³-hybridized carbons (Fsp3) is 0.154. The predicted molar refractivity (Wildman–Crippen MR) is 76.8 cm³/mol. The van der Waals surface area contributed by atoms with Crippen molar-refractivity contribution in [2.45, 2.75) is 10.9 Å². The van der Waals surface area contributed by atoms with Gasteiger partial charge in [0.05, 0.1) is 5.57 Å². The summed E-state index contributed by atoms with van der Waals surface area (Å²) in [6.45, 7) is 0. The molecule has 6 nitrogen and oxygen atoms in total. The van der Waals surface area contributed by atoms with Crippen molar-refractivity contribution in [2.75, 3.05) is 11.6 Å². The highest BCUT2D eigenvalue weighted by Gasteiger charge is 2.29. The molecule has 100 valence electrons. The average molecular weight is 284 g/mol. The number of nitriles is 1. The van der Waals surface area contributed by atoms with Crippen molar-refractivity contribution < 1.29 is 0 Å². The summed E-state index contributed by atoms with van der Waals surface area (Å²) in [6.07, 6.45) is 3.47. The van der Waals surface area contributed by atoms with Crippen LogP contribution in [0.15, 0.2) is 46.9 Å². The molecule has 0 unspecified atom stereocenters. The van der Waals surface area contributed by atoms with Gasteiger partial charge in [0.25, 0.3) is 0 Å². The van der Waals surface area contributed by atoms with Crippen LogP contribution in [-0.2, 0) is 0 Å². The van der Waals surface area contributed by atoms with Crippen molar-refractivity contribution >= 4 is 17.7 Å². The molecule has 0 amide bonds. The van der Waals surface area contributed by atoms with Gasteiger partial charge in [-0.1, -0.05) is 12.1 Å². The van der Waals surface area contributed by atoms with E-state index in [1.54, 1.807) is 16.4 Å². The number of nitrogens with one attached hydrogen (secondary N) is 1. The Labute approximate surface area is 120 Å². The first-order valence-corrected chi connectivity index (χ1v) is 7.17. The van der Waals surface area contributed by atoms with Crippen molar-refractivity contribution in [1.29, 1.82) is 5.26 Å². The number of nitrogens with zero attached hydrogens (tertiary/aromatic N) is 4. The van der Waals surface area contributed by atoms with Gasteiger partial charge >= 0.3 is 0 Å². The average Bonchev–Trinajstić information content (AvgIpc) is 2.93. The number of anilines is 1. The van der Waals surface area contributed by atoms with Crippen LogP contribution < -0.4 is 11.1 Å². The van der Waals surface area contributed by atoms with Gasteiger partial charge in [-0.25, -0.2) is 4.68 Å². The number of rotatable bonds is 2. The van der Waals surface area contributed by atoms with Crippen LogP contribution in [0.1, 0.15) is 11.6 Å². The Kier molecular flexibility index (Phi) is 3.08. The number of allylic oxidation sites excluding steroid dienone is 1. The molecule has 20 heavy (non-hydrogen) atoms. The molecule has 0 bridgehead atoms. The second-order valence-electron chi connectivity index (χ2n) is 4.27. The van der Waals surface area contributed by atoms with Crippen LogP contribution in [0, 0.1) is 11.3 Å². The van der Waals surface area contributed by atoms with Crippen LogP contribution in [0.3, 0.4) is 0 Å². The Bertz CT molecular complexity index is 709. The largest absolute Gasteiger partial charge is 0.384 e. The summed E-state index contributed by atoms with van der Waals surface area (Å²) in [4.78, 5) is 5.26. The fourth-order valence-electron chi connectivity index (χ4n) is 2.20. The lowest BCUT2D eigenvalue weighted by Gasteiger charge is -2.25. The molecule has 1 aromatic heterocycles. The molecule has 0 spiro atoms. The molecule has 7 heteroatoms. The molecule has 1 aromatic carbocycles. The van der Waals surface area contributed by atoms with E-state index in [4.69, 9.17) is 5.73 Å². The molecule has 0 saturated carbocycles. The summed E-state index contributed by atoms with van der Waals surface area (Å²) in [5.41, 5.74) is 7.31. The van der Waals surface area contributed by atoms with Crippen molar-refractivity contribution in [1.82, 2.24) is 14.8 Å². The number of aromatic nitrogens is 3. The SMILES string of the molecule is CSc1ccc([C@@H]2C(C#N)=C(N)Nc3ncnn32)cc1. The third-order valence-corrected chi connectivity index (χ3v) is 3.92. The van der Waals surface area contributed by atoms with Gasteiger partial charge in [-0.3, -0.25) is 0 Å². The Hall–Kier alpha value is -2.46. The lowest BCUT2D eigenvalue weighted by atomic mass is 9.98. The Morgan fingerprint density at radius 3 is 2.80 bits per heavy atom. The lowest BCUT2D eigenvalue weighted by molar-refractivity contribution is 0.585. The minimum Gasteiger partial charge on any atom is -0.384 e. The molecule has 0 radical (unpaired) electrons. The van der Waals surface area contributed by atoms with Gasteiger partial charge in [0.1, 0.15) is 24.3 Å². The zero-order chi connectivity index (χ0) is 14.1. The van der Waals surface area contributed by atoms with Crippen LogP contribution in [0.5, 0.6) is 0 Å². The van der Waals surface area contributed by atoms with Crippen molar-refractivity contribution in [3.63, 3.8) is 0 Å². The number of benzene rings is 1. The van der Waals surface area contributed by atoms with Crippen LogP contribution in [-0.4, -0.2) is 21.0 Å². The minimum atomic E-state index is -0.338. The first-order chi connectivity index (χ1) is 9.74. The molecular formula is C13H12N6S. The van der Waals surface area contributed by atoms with Gasteiger partial charge in [-0.15, -0.1) is 11.8 Å². The molecule has 2 heterocycles. The molecule has 0 fully saturated rings. The van der Waals surface area contributed by atoms with E-state index in [1.807, 2.05) is 30.5 Å². The summed E-state index contributed by atoms with van der Waals surface area (Å²) >= 11 is 1.67. The Morgan fingerprint density at radius 1 is 1.40 bits per heavy atom. The third-order valence-electron chi connectivity index (χ3n) is 3.18. The monoisotopic (exact) mass is 284 g/mol. The number of nitrogens with two attached hydrogens (primary N) is 1. The Balaban J connectivity index is 2.12. The zero-order valence-corrected chi connectivity index (χ0v) is 11.6. The fourth-order valence-corrected chi connectivity index (χ4v) is 2.61.